The number of nitrogens with two attached hydrogens (primary N) is 1. The molecular weight excluding hydrogens is 182 g/mol. The van der Waals surface area contributed by atoms with Crippen LogP contribution in [0.25, 0.3) is 0 Å². The molecule has 2 fully saturated rings. The number of amides is 1. The van der Waals surface area contributed by atoms with Gasteiger partial charge in [-0.25, -0.2) is 0 Å². The number of hydrogen-bond acceptors (Lipinski definition) is 3. The molecule has 2 unspecified atom stereocenters. The lowest BCUT2D eigenvalue weighted by Crippen LogP contribution is -2.41. The SMILES string of the molecule is CC1CC1NC(=O)C1(C(N)=NO)CC1. The maximum Gasteiger partial charge on any atom is 0.234 e. The van der Waals surface area contributed by atoms with Crippen molar-refractivity contribution >= 4 is 11.7 Å². The Morgan fingerprint density at radius 2 is 2.21 bits per heavy atom. The van der Waals surface area contributed by atoms with Gasteiger partial charge in [0.25, 0.3) is 0 Å². The van der Waals surface area contributed by atoms with Crippen molar-refractivity contribution in [2.45, 2.75) is 32.2 Å². The van der Waals surface area contributed by atoms with E-state index >= 15 is 0 Å². The Labute approximate surface area is 82.3 Å². The van der Waals surface area contributed by atoms with Gasteiger partial charge in [-0.05, 0) is 25.2 Å². The Balaban J connectivity index is 1.97. The van der Waals surface area contributed by atoms with Gasteiger partial charge in [0, 0.05) is 6.04 Å². The Hall–Kier alpha value is -1.26. The quantitative estimate of drug-likeness (QED) is 0.258. The molecule has 0 aromatic carbocycles. The van der Waals surface area contributed by atoms with Crippen molar-refractivity contribution in [3.05, 3.63) is 0 Å². The molecule has 2 saturated carbocycles. The molecule has 2 aliphatic carbocycles. The Kier molecular flexibility index (Phi) is 1.90. The molecule has 0 aromatic heterocycles. The fraction of sp³-hybridized carbons (Fsp3) is 0.778. The molecule has 0 aliphatic heterocycles. The van der Waals surface area contributed by atoms with Crippen molar-refractivity contribution in [2.75, 3.05) is 0 Å². The lowest BCUT2D eigenvalue weighted by molar-refractivity contribution is -0.124. The van der Waals surface area contributed by atoms with Crippen LogP contribution in [0.15, 0.2) is 5.16 Å². The molecule has 14 heavy (non-hydrogen) atoms. The first-order valence-electron chi connectivity index (χ1n) is 4.89. The van der Waals surface area contributed by atoms with E-state index in [4.69, 9.17) is 10.9 Å². The van der Waals surface area contributed by atoms with Crippen molar-refractivity contribution in [2.24, 2.45) is 22.2 Å². The van der Waals surface area contributed by atoms with Crippen molar-refractivity contribution in [1.82, 2.24) is 5.32 Å². The van der Waals surface area contributed by atoms with E-state index in [-0.39, 0.29) is 11.7 Å². The van der Waals surface area contributed by atoms with Gasteiger partial charge in [-0.3, -0.25) is 4.79 Å². The summed E-state index contributed by atoms with van der Waals surface area (Å²) in [7, 11) is 0. The summed E-state index contributed by atoms with van der Waals surface area (Å²) in [6.45, 7) is 2.09. The number of carbonyl (C=O) groups is 1. The summed E-state index contributed by atoms with van der Waals surface area (Å²) in [5.41, 5.74) is 4.79. The molecule has 5 heteroatoms. The number of rotatable bonds is 3. The minimum atomic E-state index is -0.697. The van der Waals surface area contributed by atoms with E-state index < -0.39 is 5.41 Å². The molecule has 0 spiro atoms. The van der Waals surface area contributed by atoms with Crippen LogP contribution in [0.3, 0.4) is 0 Å². The number of hydrogen-bond donors (Lipinski definition) is 3. The van der Waals surface area contributed by atoms with Gasteiger partial charge in [0.1, 0.15) is 5.41 Å². The maximum atomic E-state index is 11.7. The molecule has 2 aliphatic rings. The van der Waals surface area contributed by atoms with Gasteiger partial charge in [-0.2, -0.15) is 0 Å². The van der Waals surface area contributed by atoms with Gasteiger partial charge in [-0.1, -0.05) is 12.1 Å². The van der Waals surface area contributed by atoms with Gasteiger partial charge in [0.15, 0.2) is 5.84 Å². The highest BCUT2D eigenvalue weighted by atomic mass is 16.4. The van der Waals surface area contributed by atoms with E-state index in [2.05, 4.69) is 17.4 Å². The molecular formula is C9H15N3O2. The fourth-order valence-electron chi connectivity index (χ4n) is 1.65. The highest BCUT2D eigenvalue weighted by molar-refractivity contribution is 6.09. The van der Waals surface area contributed by atoms with Gasteiger partial charge in [-0.15, -0.1) is 0 Å². The summed E-state index contributed by atoms with van der Waals surface area (Å²) in [4.78, 5) is 11.7. The molecule has 0 radical (unpaired) electrons. The third-order valence-electron chi connectivity index (χ3n) is 3.21. The zero-order valence-corrected chi connectivity index (χ0v) is 8.16. The van der Waals surface area contributed by atoms with Gasteiger partial charge in [0.2, 0.25) is 5.91 Å². The van der Waals surface area contributed by atoms with Crippen LogP contribution >= 0.6 is 0 Å². The number of nitrogens with one attached hydrogen (secondary N) is 1. The van der Waals surface area contributed by atoms with Crippen LogP contribution in [-0.4, -0.2) is 23.0 Å². The second-order valence-corrected chi connectivity index (χ2v) is 4.36. The van der Waals surface area contributed by atoms with E-state index in [1.165, 1.54) is 0 Å². The van der Waals surface area contributed by atoms with E-state index in [1.807, 2.05) is 0 Å². The first-order valence-corrected chi connectivity index (χ1v) is 4.89. The largest absolute Gasteiger partial charge is 0.409 e. The summed E-state index contributed by atoms with van der Waals surface area (Å²) in [5, 5.41) is 14.4. The molecule has 1 amide bonds. The molecule has 5 nitrogen and oxygen atoms in total. The molecule has 0 bridgehead atoms. The normalized spacial score (nSPS) is 33.6. The average molecular weight is 197 g/mol. The van der Waals surface area contributed by atoms with Crippen LogP contribution in [0.5, 0.6) is 0 Å². The molecule has 0 heterocycles. The second-order valence-electron chi connectivity index (χ2n) is 4.36. The van der Waals surface area contributed by atoms with E-state index in [1.54, 1.807) is 0 Å². The van der Waals surface area contributed by atoms with E-state index in [9.17, 15) is 4.79 Å². The molecule has 4 N–H and O–H groups in total. The first-order chi connectivity index (χ1) is 6.60. The highest BCUT2D eigenvalue weighted by Gasteiger charge is 2.55. The molecule has 78 valence electrons. The lowest BCUT2D eigenvalue weighted by Gasteiger charge is -2.13. The zero-order valence-electron chi connectivity index (χ0n) is 8.16. The predicted octanol–water partition coefficient (Wildman–Crippen LogP) is 0.0376. The maximum absolute atomic E-state index is 11.7. The topological polar surface area (TPSA) is 87.7 Å². The van der Waals surface area contributed by atoms with Crippen LogP contribution in [0.2, 0.25) is 0 Å². The summed E-state index contributed by atoms with van der Waals surface area (Å²) in [6, 6.07) is 0.298. The smallest absolute Gasteiger partial charge is 0.234 e. The van der Waals surface area contributed by atoms with Crippen molar-refractivity contribution in [3.8, 4) is 0 Å². The summed E-state index contributed by atoms with van der Waals surface area (Å²) in [5.74, 6) is 0.535. The van der Waals surface area contributed by atoms with Crippen molar-refractivity contribution < 1.29 is 10.0 Å². The van der Waals surface area contributed by atoms with Crippen LogP contribution in [0.1, 0.15) is 26.2 Å². The molecule has 2 atom stereocenters. The van der Waals surface area contributed by atoms with E-state index in [0.717, 1.165) is 6.42 Å². The molecule has 2 rings (SSSR count). The monoisotopic (exact) mass is 197 g/mol. The van der Waals surface area contributed by atoms with E-state index in [0.29, 0.717) is 24.8 Å². The predicted molar refractivity (Wildman–Crippen MR) is 50.8 cm³/mol. The van der Waals surface area contributed by atoms with Gasteiger partial charge < -0.3 is 16.3 Å². The Bertz CT molecular complexity index is 296. The minimum absolute atomic E-state index is 0.0447. The van der Waals surface area contributed by atoms with Crippen LogP contribution in [-0.2, 0) is 4.79 Å². The first kappa shape index (κ1) is 9.30. The third kappa shape index (κ3) is 1.32. The van der Waals surface area contributed by atoms with Gasteiger partial charge >= 0.3 is 0 Å². The number of carbonyl (C=O) groups excluding carboxylic acids is 1. The Morgan fingerprint density at radius 3 is 2.57 bits per heavy atom. The standard InChI is InChI=1S/C9H15N3O2/c1-5-4-6(5)11-8(13)9(2-3-9)7(10)12-14/h5-6,14H,2-4H2,1H3,(H2,10,12)(H,11,13). The summed E-state index contributed by atoms with van der Waals surface area (Å²) < 4.78 is 0. The average Bonchev–Trinajstić information content (AvgIpc) is 3.03. The second kappa shape index (κ2) is 2.87. The van der Waals surface area contributed by atoms with Crippen molar-refractivity contribution in [1.29, 1.82) is 0 Å². The fourth-order valence-corrected chi connectivity index (χ4v) is 1.65. The lowest BCUT2D eigenvalue weighted by atomic mass is 10.1. The molecule has 0 saturated heterocycles. The number of oxime groups is 1. The zero-order chi connectivity index (χ0) is 10.3. The summed E-state index contributed by atoms with van der Waals surface area (Å²) >= 11 is 0. The van der Waals surface area contributed by atoms with Gasteiger partial charge in [0.05, 0.1) is 0 Å². The number of nitrogens with zero attached hydrogens (tertiary/aromatic N) is 1. The van der Waals surface area contributed by atoms with Crippen LogP contribution < -0.4 is 11.1 Å². The number of amidine groups is 1. The highest BCUT2D eigenvalue weighted by Crippen LogP contribution is 2.46. The summed E-state index contributed by atoms with van der Waals surface area (Å²) in [6.07, 6.45) is 2.42. The molecule has 0 aromatic rings. The third-order valence-corrected chi connectivity index (χ3v) is 3.21. The van der Waals surface area contributed by atoms with Crippen LogP contribution in [0, 0.1) is 11.3 Å². The van der Waals surface area contributed by atoms with Crippen LogP contribution in [0.4, 0.5) is 0 Å². The minimum Gasteiger partial charge on any atom is -0.409 e. The van der Waals surface area contributed by atoms with Crippen molar-refractivity contribution in [3.63, 3.8) is 0 Å². The Morgan fingerprint density at radius 1 is 1.64 bits per heavy atom.